The molecule has 2 aromatic rings. The molecular formula is C16H15Cl2NO2S. The molecule has 0 aliphatic heterocycles. The van der Waals surface area contributed by atoms with Crippen molar-refractivity contribution in [1.29, 1.82) is 0 Å². The number of fused-ring (bicyclic) bond motifs is 1. The lowest BCUT2D eigenvalue weighted by Crippen LogP contribution is -2.31. The lowest BCUT2D eigenvalue weighted by Gasteiger charge is -2.26. The first kappa shape index (κ1) is 15.8. The summed E-state index contributed by atoms with van der Waals surface area (Å²) in [6, 6.07) is 12.3. The van der Waals surface area contributed by atoms with E-state index in [0.29, 0.717) is 0 Å². The van der Waals surface area contributed by atoms with Crippen LogP contribution < -0.4 is 4.72 Å². The highest BCUT2D eigenvalue weighted by atomic mass is 35.5. The molecule has 1 aliphatic rings. The minimum atomic E-state index is -3.78. The van der Waals surface area contributed by atoms with Gasteiger partial charge in [0.25, 0.3) is 0 Å². The van der Waals surface area contributed by atoms with Crippen molar-refractivity contribution >= 4 is 33.2 Å². The zero-order chi connectivity index (χ0) is 15.7. The number of hydrogen-bond acceptors (Lipinski definition) is 2. The minimum Gasteiger partial charge on any atom is -0.207 e. The Morgan fingerprint density at radius 1 is 1.00 bits per heavy atom. The fourth-order valence-electron chi connectivity index (χ4n) is 2.86. The average Bonchev–Trinajstić information content (AvgIpc) is 2.47. The molecule has 2 aromatic carbocycles. The van der Waals surface area contributed by atoms with Gasteiger partial charge in [-0.1, -0.05) is 53.5 Å². The highest BCUT2D eigenvalue weighted by Crippen LogP contribution is 2.34. The maximum absolute atomic E-state index is 12.7. The Bertz CT molecular complexity index is 785. The second-order valence-electron chi connectivity index (χ2n) is 5.32. The second-order valence-corrected chi connectivity index (χ2v) is 7.78. The van der Waals surface area contributed by atoms with Crippen LogP contribution in [0.25, 0.3) is 0 Å². The molecule has 22 heavy (non-hydrogen) atoms. The first-order chi connectivity index (χ1) is 10.5. The molecule has 0 saturated carbocycles. The lowest BCUT2D eigenvalue weighted by molar-refractivity contribution is 0.507. The third-order valence-electron chi connectivity index (χ3n) is 3.85. The molecule has 1 atom stereocenters. The highest BCUT2D eigenvalue weighted by molar-refractivity contribution is 7.89. The van der Waals surface area contributed by atoms with Crippen LogP contribution in [0.2, 0.25) is 10.0 Å². The van der Waals surface area contributed by atoms with Crippen molar-refractivity contribution in [3.8, 4) is 0 Å². The summed E-state index contributed by atoms with van der Waals surface area (Å²) in [6.45, 7) is 0. The largest absolute Gasteiger partial charge is 0.244 e. The topological polar surface area (TPSA) is 46.2 Å². The number of benzene rings is 2. The van der Waals surface area contributed by atoms with Gasteiger partial charge in [0, 0.05) is 6.04 Å². The van der Waals surface area contributed by atoms with Crippen molar-refractivity contribution in [3.63, 3.8) is 0 Å². The molecule has 3 nitrogen and oxygen atoms in total. The summed E-state index contributed by atoms with van der Waals surface area (Å²) in [5.74, 6) is 0. The van der Waals surface area contributed by atoms with Gasteiger partial charge in [0.2, 0.25) is 10.0 Å². The molecule has 1 aliphatic carbocycles. The van der Waals surface area contributed by atoms with Crippen LogP contribution in [0.5, 0.6) is 0 Å². The van der Waals surface area contributed by atoms with Crippen molar-refractivity contribution < 1.29 is 8.42 Å². The van der Waals surface area contributed by atoms with E-state index in [4.69, 9.17) is 23.2 Å². The number of hydrogen-bond donors (Lipinski definition) is 1. The molecule has 0 heterocycles. The molecule has 6 heteroatoms. The van der Waals surface area contributed by atoms with Crippen molar-refractivity contribution in [2.24, 2.45) is 0 Å². The SMILES string of the molecule is O=S(=O)(N[C@@H]1CCCc2ccccc21)c1c(Cl)cccc1Cl. The Hall–Kier alpha value is -1.07. The van der Waals surface area contributed by atoms with E-state index in [1.54, 1.807) is 6.07 Å². The predicted molar refractivity (Wildman–Crippen MR) is 88.9 cm³/mol. The summed E-state index contributed by atoms with van der Waals surface area (Å²) in [5, 5.41) is 0.258. The lowest BCUT2D eigenvalue weighted by atomic mass is 9.88. The zero-order valence-electron chi connectivity index (χ0n) is 11.7. The molecule has 1 N–H and O–H groups in total. The maximum Gasteiger partial charge on any atom is 0.244 e. The van der Waals surface area contributed by atoms with Gasteiger partial charge < -0.3 is 0 Å². The number of rotatable bonds is 3. The summed E-state index contributed by atoms with van der Waals surface area (Å²) >= 11 is 12.1. The second kappa shape index (κ2) is 6.20. The zero-order valence-corrected chi connectivity index (χ0v) is 14.0. The Labute approximate surface area is 140 Å². The van der Waals surface area contributed by atoms with Crippen LogP contribution in [0.4, 0.5) is 0 Å². The molecular weight excluding hydrogens is 341 g/mol. The minimum absolute atomic E-state index is 0.0543. The Morgan fingerprint density at radius 2 is 1.68 bits per heavy atom. The van der Waals surface area contributed by atoms with Crippen LogP contribution in [0.3, 0.4) is 0 Å². The van der Waals surface area contributed by atoms with Crippen LogP contribution in [0.15, 0.2) is 47.4 Å². The molecule has 0 spiro atoms. The van der Waals surface area contributed by atoms with Gasteiger partial charge in [0.05, 0.1) is 10.0 Å². The van der Waals surface area contributed by atoms with Gasteiger partial charge in [0.15, 0.2) is 0 Å². The van der Waals surface area contributed by atoms with Gasteiger partial charge in [-0.25, -0.2) is 13.1 Å². The summed E-state index contributed by atoms with van der Waals surface area (Å²) in [7, 11) is -3.78. The van der Waals surface area contributed by atoms with Crippen LogP contribution >= 0.6 is 23.2 Å². The number of sulfonamides is 1. The van der Waals surface area contributed by atoms with E-state index in [0.717, 1.165) is 24.8 Å². The van der Waals surface area contributed by atoms with Crippen molar-refractivity contribution in [2.75, 3.05) is 0 Å². The molecule has 0 saturated heterocycles. The van der Waals surface area contributed by atoms with Gasteiger partial charge >= 0.3 is 0 Å². The number of aryl methyl sites for hydroxylation is 1. The van der Waals surface area contributed by atoms with E-state index in [-0.39, 0.29) is 21.0 Å². The van der Waals surface area contributed by atoms with Gasteiger partial charge in [-0.05, 0) is 42.5 Å². The standard InChI is InChI=1S/C16H15Cl2NO2S/c17-13-8-4-9-14(18)16(13)22(20,21)19-15-10-3-6-11-5-1-2-7-12(11)15/h1-2,4-5,7-9,15,19H,3,6,10H2/t15-/m1/s1. The van der Waals surface area contributed by atoms with E-state index in [1.165, 1.54) is 17.7 Å². The molecule has 116 valence electrons. The van der Waals surface area contributed by atoms with Crippen LogP contribution in [0.1, 0.15) is 30.0 Å². The Kier molecular flexibility index (Phi) is 4.46. The highest BCUT2D eigenvalue weighted by Gasteiger charge is 2.28. The quantitative estimate of drug-likeness (QED) is 0.889. The van der Waals surface area contributed by atoms with Crippen molar-refractivity contribution in [2.45, 2.75) is 30.2 Å². The van der Waals surface area contributed by atoms with Crippen molar-refractivity contribution in [1.82, 2.24) is 4.72 Å². The van der Waals surface area contributed by atoms with E-state index in [1.807, 2.05) is 24.3 Å². The van der Waals surface area contributed by atoms with Gasteiger partial charge in [0.1, 0.15) is 4.90 Å². The van der Waals surface area contributed by atoms with Crippen molar-refractivity contribution in [3.05, 3.63) is 63.6 Å². The number of halogens is 2. The maximum atomic E-state index is 12.7. The smallest absolute Gasteiger partial charge is 0.207 e. The molecule has 0 amide bonds. The van der Waals surface area contributed by atoms with E-state index >= 15 is 0 Å². The summed E-state index contributed by atoms with van der Waals surface area (Å²) < 4.78 is 28.1. The summed E-state index contributed by atoms with van der Waals surface area (Å²) in [5.41, 5.74) is 2.22. The Morgan fingerprint density at radius 3 is 2.41 bits per heavy atom. The molecule has 0 aromatic heterocycles. The molecule has 3 rings (SSSR count). The molecule has 0 unspecified atom stereocenters. The summed E-state index contributed by atoms with van der Waals surface area (Å²) in [6.07, 6.45) is 2.68. The monoisotopic (exact) mass is 355 g/mol. The Balaban J connectivity index is 1.97. The third-order valence-corrected chi connectivity index (χ3v) is 6.28. The van der Waals surface area contributed by atoms with Gasteiger partial charge in [-0.15, -0.1) is 0 Å². The van der Waals surface area contributed by atoms with E-state index in [2.05, 4.69) is 4.72 Å². The first-order valence-electron chi connectivity index (χ1n) is 7.03. The van der Waals surface area contributed by atoms with Crippen LogP contribution in [-0.4, -0.2) is 8.42 Å². The van der Waals surface area contributed by atoms with E-state index in [9.17, 15) is 8.42 Å². The predicted octanol–water partition coefficient (Wildman–Crippen LogP) is 4.35. The van der Waals surface area contributed by atoms with Crippen LogP contribution in [-0.2, 0) is 16.4 Å². The fraction of sp³-hybridized carbons (Fsp3) is 0.250. The average molecular weight is 356 g/mol. The molecule has 0 fully saturated rings. The normalized spacial score (nSPS) is 18.0. The molecule has 0 radical (unpaired) electrons. The summed E-state index contributed by atoms with van der Waals surface area (Å²) in [4.78, 5) is -0.0543. The fourth-order valence-corrected chi connectivity index (χ4v) is 5.26. The third kappa shape index (κ3) is 3.01. The molecule has 0 bridgehead atoms. The van der Waals surface area contributed by atoms with Crippen LogP contribution in [0, 0.1) is 0 Å². The number of nitrogens with one attached hydrogen (secondary N) is 1. The van der Waals surface area contributed by atoms with Gasteiger partial charge in [-0.2, -0.15) is 0 Å². The van der Waals surface area contributed by atoms with Gasteiger partial charge in [-0.3, -0.25) is 0 Å². The van der Waals surface area contributed by atoms with E-state index < -0.39 is 10.0 Å². The first-order valence-corrected chi connectivity index (χ1v) is 9.27.